The van der Waals surface area contributed by atoms with Crippen LogP contribution in [0, 0.1) is 6.92 Å². The van der Waals surface area contributed by atoms with E-state index in [-0.39, 0.29) is 12.4 Å². The van der Waals surface area contributed by atoms with Gasteiger partial charge in [-0.15, -0.1) is 11.8 Å². The number of carbonyl (C=O) groups is 2. The smallest absolute Gasteiger partial charge is 0.316 e. The Hall–Kier alpha value is -1.69. The second-order valence-electron chi connectivity index (χ2n) is 4.91. The minimum atomic E-state index is -0.465. The molecule has 1 N–H and O–H groups in total. The van der Waals surface area contributed by atoms with Gasteiger partial charge < -0.3 is 10.1 Å². The lowest BCUT2D eigenvalue weighted by Crippen LogP contribution is -2.22. The molecule has 7 heteroatoms. The van der Waals surface area contributed by atoms with Crippen molar-refractivity contribution in [2.24, 2.45) is 0 Å². The molecule has 0 aliphatic rings. The largest absolute Gasteiger partial charge is 0.455 e. The molecule has 0 fully saturated rings. The molecule has 2 aromatic rings. The molecule has 0 spiro atoms. The van der Waals surface area contributed by atoms with Crippen molar-refractivity contribution in [1.29, 1.82) is 0 Å². The van der Waals surface area contributed by atoms with Crippen molar-refractivity contribution in [1.82, 2.24) is 0 Å². The number of anilines is 1. The number of hydrogen-bond donors (Lipinski definition) is 1. The Labute approximate surface area is 154 Å². The fourth-order valence-corrected chi connectivity index (χ4v) is 2.77. The summed E-state index contributed by atoms with van der Waals surface area (Å²) in [5.41, 5.74) is 1.47. The van der Waals surface area contributed by atoms with E-state index in [4.69, 9.17) is 27.9 Å². The van der Waals surface area contributed by atoms with E-state index in [2.05, 4.69) is 5.32 Å². The molecule has 24 heavy (non-hydrogen) atoms. The highest BCUT2D eigenvalue weighted by Gasteiger charge is 2.10. The van der Waals surface area contributed by atoms with Crippen molar-refractivity contribution in [3.05, 3.63) is 58.1 Å². The predicted octanol–water partition coefficient (Wildman–Crippen LogP) is 4.58. The van der Waals surface area contributed by atoms with Gasteiger partial charge in [0.1, 0.15) is 0 Å². The van der Waals surface area contributed by atoms with E-state index in [1.54, 1.807) is 30.3 Å². The minimum Gasteiger partial charge on any atom is -0.455 e. The Balaban J connectivity index is 1.75. The molecule has 2 rings (SSSR count). The normalized spacial score (nSPS) is 10.3. The number of ether oxygens (including phenoxy) is 1. The number of esters is 1. The monoisotopic (exact) mass is 383 g/mol. The number of aryl methyl sites for hydroxylation is 1. The van der Waals surface area contributed by atoms with Gasteiger partial charge in [-0.05, 0) is 48.9 Å². The lowest BCUT2D eigenvalue weighted by molar-refractivity contribution is -0.144. The highest BCUT2D eigenvalue weighted by atomic mass is 35.5. The Kier molecular flexibility index (Phi) is 6.97. The van der Waals surface area contributed by atoms with Crippen LogP contribution >= 0.6 is 35.0 Å². The van der Waals surface area contributed by atoms with Gasteiger partial charge in [0.15, 0.2) is 6.61 Å². The summed E-state index contributed by atoms with van der Waals surface area (Å²) in [4.78, 5) is 24.4. The van der Waals surface area contributed by atoms with Crippen LogP contribution in [0.15, 0.2) is 47.4 Å². The molecule has 0 bridgehead atoms. The second-order valence-corrected chi connectivity index (χ2v) is 6.83. The van der Waals surface area contributed by atoms with Crippen LogP contribution in [0.25, 0.3) is 0 Å². The molecule has 1 amide bonds. The molecule has 0 aromatic heterocycles. The van der Waals surface area contributed by atoms with Crippen LogP contribution in [0.5, 0.6) is 0 Å². The molecule has 0 atom stereocenters. The maximum absolute atomic E-state index is 11.8. The highest BCUT2D eigenvalue weighted by Crippen LogP contribution is 2.21. The molecule has 2 aromatic carbocycles. The van der Waals surface area contributed by atoms with Crippen LogP contribution in [0.2, 0.25) is 10.0 Å². The number of carbonyl (C=O) groups excluding carboxylic acids is 2. The Bertz CT molecular complexity index is 735. The fraction of sp³-hybridized carbons (Fsp3) is 0.176. The Morgan fingerprint density at radius 1 is 1.08 bits per heavy atom. The molecule has 4 nitrogen and oxygen atoms in total. The van der Waals surface area contributed by atoms with Crippen molar-refractivity contribution in [2.75, 3.05) is 17.7 Å². The number of nitrogens with one attached hydrogen (secondary N) is 1. The third-order valence-electron chi connectivity index (χ3n) is 3.01. The van der Waals surface area contributed by atoms with Gasteiger partial charge in [-0.2, -0.15) is 0 Å². The van der Waals surface area contributed by atoms with Gasteiger partial charge in [-0.1, -0.05) is 29.3 Å². The van der Waals surface area contributed by atoms with Crippen molar-refractivity contribution in [3.8, 4) is 0 Å². The van der Waals surface area contributed by atoms with E-state index in [0.29, 0.717) is 15.7 Å². The maximum atomic E-state index is 11.8. The first-order valence-corrected chi connectivity index (χ1v) is 8.78. The molecule has 0 saturated carbocycles. The van der Waals surface area contributed by atoms with Gasteiger partial charge in [0.2, 0.25) is 0 Å². The van der Waals surface area contributed by atoms with Crippen molar-refractivity contribution in [2.45, 2.75) is 11.8 Å². The van der Waals surface area contributed by atoms with Gasteiger partial charge in [-0.3, -0.25) is 9.59 Å². The summed E-state index contributed by atoms with van der Waals surface area (Å²) in [5.74, 6) is -0.761. The molecule has 0 aliphatic carbocycles. The van der Waals surface area contributed by atoms with Gasteiger partial charge in [0.25, 0.3) is 5.91 Å². The van der Waals surface area contributed by atoms with Crippen molar-refractivity contribution in [3.63, 3.8) is 0 Å². The van der Waals surface area contributed by atoms with Gasteiger partial charge >= 0.3 is 5.97 Å². The van der Waals surface area contributed by atoms with Crippen LogP contribution in [-0.4, -0.2) is 24.2 Å². The van der Waals surface area contributed by atoms with Gasteiger partial charge in [0.05, 0.1) is 5.75 Å². The standard InChI is InChI=1S/C17H15Cl2NO3S/c1-11-2-3-13(19)8-15(11)20-16(21)9-23-17(22)10-24-14-6-4-12(18)5-7-14/h2-8H,9-10H2,1H3,(H,20,21). The van der Waals surface area contributed by atoms with Crippen LogP contribution in [-0.2, 0) is 14.3 Å². The number of amides is 1. The summed E-state index contributed by atoms with van der Waals surface area (Å²) in [5, 5.41) is 3.82. The molecule has 0 radical (unpaired) electrons. The average molecular weight is 384 g/mol. The van der Waals surface area contributed by atoms with Gasteiger partial charge in [0, 0.05) is 20.6 Å². The first-order chi connectivity index (χ1) is 11.4. The van der Waals surface area contributed by atoms with Crippen LogP contribution in [0.4, 0.5) is 5.69 Å². The number of thioether (sulfide) groups is 1. The van der Waals surface area contributed by atoms with Crippen molar-refractivity contribution >= 4 is 52.5 Å². The molecule has 126 valence electrons. The fourth-order valence-electron chi connectivity index (χ4n) is 1.78. The summed E-state index contributed by atoms with van der Waals surface area (Å²) in [6, 6.07) is 12.3. The summed E-state index contributed by atoms with van der Waals surface area (Å²) >= 11 is 13.0. The zero-order chi connectivity index (χ0) is 17.5. The highest BCUT2D eigenvalue weighted by molar-refractivity contribution is 8.00. The first kappa shape index (κ1) is 18.6. The summed E-state index contributed by atoms with van der Waals surface area (Å²) < 4.78 is 4.96. The zero-order valence-electron chi connectivity index (χ0n) is 12.8. The maximum Gasteiger partial charge on any atom is 0.316 e. The van der Waals surface area contributed by atoms with Crippen molar-refractivity contribution < 1.29 is 14.3 Å². The van der Waals surface area contributed by atoms with E-state index in [1.165, 1.54) is 11.8 Å². The second kappa shape index (κ2) is 8.97. The summed E-state index contributed by atoms with van der Waals surface area (Å²) in [6.07, 6.45) is 0. The number of hydrogen-bond acceptors (Lipinski definition) is 4. The third kappa shape index (κ3) is 6.07. The van der Waals surface area contributed by atoms with E-state index in [1.807, 2.05) is 19.1 Å². The lowest BCUT2D eigenvalue weighted by atomic mass is 10.2. The number of halogens is 2. The topological polar surface area (TPSA) is 55.4 Å². The predicted molar refractivity (Wildman–Crippen MR) is 98.0 cm³/mol. The molecule has 0 saturated heterocycles. The average Bonchev–Trinajstić information content (AvgIpc) is 2.56. The first-order valence-electron chi connectivity index (χ1n) is 7.04. The quantitative estimate of drug-likeness (QED) is 0.585. The Morgan fingerprint density at radius 2 is 1.75 bits per heavy atom. The lowest BCUT2D eigenvalue weighted by Gasteiger charge is -2.09. The molecular formula is C17H15Cl2NO3S. The summed E-state index contributed by atoms with van der Waals surface area (Å²) in [6.45, 7) is 1.51. The SMILES string of the molecule is Cc1ccc(Cl)cc1NC(=O)COC(=O)CSc1ccc(Cl)cc1. The van der Waals surface area contributed by atoms with E-state index in [0.717, 1.165) is 10.5 Å². The van der Waals surface area contributed by atoms with Crippen LogP contribution in [0.1, 0.15) is 5.56 Å². The third-order valence-corrected chi connectivity index (χ3v) is 4.48. The zero-order valence-corrected chi connectivity index (χ0v) is 15.2. The van der Waals surface area contributed by atoms with Gasteiger partial charge in [-0.25, -0.2) is 0 Å². The van der Waals surface area contributed by atoms with E-state index >= 15 is 0 Å². The molecule has 0 aliphatic heterocycles. The molecular weight excluding hydrogens is 369 g/mol. The number of rotatable bonds is 6. The van der Waals surface area contributed by atoms with E-state index < -0.39 is 11.9 Å². The number of benzene rings is 2. The Morgan fingerprint density at radius 3 is 2.46 bits per heavy atom. The minimum absolute atomic E-state index is 0.116. The molecule has 0 unspecified atom stereocenters. The molecule has 0 heterocycles. The van der Waals surface area contributed by atoms with E-state index in [9.17, 15) is 9.59 Å². The van der Waals surface area contributed by atoms with Crippen LogP contribution in [0.3, 0.4) is 0 Å². The van der Waals surface area contributed by atoms with Crippen LogP contribution < -0.4 is 5.32 Å². The summed E-state index contributed by atoms with van der Waals surface area (Å²) in [7, 11) is 0.